The van der Waals surface area contributed by atoms with Crippen LogP contribution in [0.2, 0.25) is 0 Å². The molecule has 144 valence electrons. The summed E-state index contributed by atoms with van der Waals surface area (Å²) < 4.78 is 10.4. The fraction of sp³-hybridized carbons (Fsp3) is 0.333. The Morgan fingerprint density at radius 1 is 0.963 bits per heavy atom. The van der Waals surface area contributed by atoms with E-state index in [9.17, 15) is 9.59 Å². The number of rotatable bonds is 7. The molecule has 6 nitrogen and oxygen atoms in total. The molecule has 0 aliphatic rings. The van der Waals surface area contributed by atoms with Gasteiger partial charge in [0.2, 0.25) is 11.8 Å². The highest BCUT2D eigenvalue weighted by Gasteiger charge is 2.37. The highest BCUT2D eigenvalue weighted by atomic mass is 16.5. The second-order valence-electron chi connectivity index (χ2n) is 6.75. The van der Waals surface area contributed by atoms with Gasteiger partial charge in [-0.15, -0.1) is 0 Å². The molecule has 2 rings (SSSR count). The average molecular weight is 370 g/mol. The minimum absolute atomic E-state index is 0.207. The number of ether oxygens (including phenoxy) is 2. The van der Waals surface area contributed by atoms with Crippen molar-refractivity contribution in [1.29, 1.82) is 0 Å². The molecule has 0 saturated carbocycles. The van der Waals surface area contributed by atoms with Gasteiger partial charge in [0, 0.05) is 6.07 Å². The van der Waals surface area contributed by atoms with E-state index in [0.29, 0.717) is 17.2 Å². The van der Waals surface area contributed by atoms with Crippen molar-refractivity contribution in [1.82, 2.24) is 5.32 Å². The van der Waals surface area contributed by atoms with Gasteiger partial charge in [-0.05, 0) is 38.5 Å². The van der Waals surface area contributed by atoms with Gasteiger partial charge in [-0.3, -0.25) is 9.59 Å². The summed E-state index contributed by atoms with van der Waals surface area (Å²) in [5.41, 5.74) is 0.174. The largest absolute Gasteiger partial charge is 0.497 e. The first-order valence-corrected chi connectivity index (χ1v) is 8.69. The van der Waals surface area contributed by atoms with E-state index in [1.54, 1.807) is 39.2 Å². The van der Waals surface area contributed by atoms with E-state index >= 15 is 0 Å². The van der Waals surface area contributed by atoms with Crippen LogP contribution in [-0.2, 0) is 9.59 Å². The zero-order valence-electron chi connectivity index (χ0n) is 16.3. The Balaban J connectivity index is 2.11. The predicted molar refractivity (Wildman–Crippen MR) is 105 cm³/mol. The number of hydrogen-bond acceptors (Lipinski definition) is 4. The van der Waals surface area contributed by atoms with Gasteiger partial charge in [-0.1, -0.05) is 30.3 Å². The van der Waals surface area contributed by atoms with Crippen molar-refractivity contribution >= 4 is 17.5 Å². The molecule has 27 heavy (non-hydrogen) atoms. The highest BCUT2D eigenvalue weighted by Crippen LogP contribution is 2.31. The summed E-state index contributed by atoms with van der Waals surface area (Å²) in [5, 5.41) is 5.67. The van der Waals surface area contributed by atoms with Crippen molar-refractivity contribution in [2.75, 3.05) is 19.5 Å². The molecule has 0 heterocycles. The Morgan fingerprint density at radius 3 is 2.22 bits per heavy atom. The Labute approximate surface area is 159 Å². The Kier molecular flexibility index (Phi) is 6.45. The van der Waals surface area contributed by atoms with Crippen molar-refractivity contribution in [2.45, 2.75) is 26.8 Å². The standard InChI is InChI=1S/C21H26N2O4/c1-14(15-9-7-6-8-10-15)22-19(24)21(2,3)20(25)23-17-12-11-16(26-4)13-18(17)27-5/h6-14H,1-5H3,(H,22,24)(H,23,25). The van der Waals surface area contributed by atoms with Gasteiger partial charge in [-0.2, -0.15) is 0 Å². The summed E-state index contributed by atoms with van der Waals surface area (Å²) in [5.74, 6) is 0.280. The summed E-state index contributed by atoms with van der Waals surface area (Å²) in [4.78, 5) is 25.5. The minimum Gasteiger partial charge on any atom is -0.497 e. The zero-order chi connectivity index (χ0) is 20.0. The van der Waals surface area contributed by atoms with Crippen molar-refractivity contribution < 1.29 is 19.1 Å². The van der Waals surface area contributed by atoms with Crippen LogP contribution in [0.4, 0.5) is 5.69 Å². The van der Waals surface area contributed by atoms with Crippen molar-refractivity contribution in [3.05, 3.63) is 54.1 Å². The van der Waals surface area contributed by atoms with Gasteiger partial charge in [0.05, 0.1) is 25.9 Å². The fourth-order valence-electron chi connectivity index (χ4n) is 2.49. The van der Waals surface area contributed by atoms with Crippen LogP contribution in [0.3, 0.4) is 0 Å². The van der Waals surface area contributed by atoms with E-state index in [1.165, 1.54) is 7.11 Å². The van der Waals surface area contributed by atoms with Gasteiger partial charge in [0.15, 0.2) is 0 Å². The maximum Gasteiger partial charge on any atom is 0.239 e. The minimum atomic E-state index is -1.27. The van der Waals surface area contributed by atoms with Crippen LogP contribution in [-0.4, -0.2) is 26.0 Å². The Hall–Kier alpha value is -3.02. The molecule has 0 aliphatic heterocycles. The third-order valence-corrected chi connectivity index (χ3v) is 4.44. The molecule has 2 N–H and O–H groups in total. The van der Waals surface area contributed by atoms with Crippen LogP contribution < -0.4 is 20.1 Å². The lowest BCUT2D eigenvalue weighted by Gasteiger charge is -2.25. The molecule has 0 radical (unpaired) electrons. The number of nitrogens with one attached hydrogen (secondary N) is 2. The number of benzene rings is 2. The topological polar surface area (TPSA) is 76.7 Å². The van der Waals surface area contributed by atoms with E-state index in [4.69, 9.17) is 9.47 Å². The zero-order valence-corrected chi connectivity index (χ0v) is 16.3. The van der Waals surface area contributed by atoms with Gasteiger partial charge < -0.3 is 20.1 Å². The first-order valence-electron chi connectivity index (χ1n) is 8.69. The number of amides is 2. The predicted octanol–water partition coefficient (Wildman–Crippen LogP) is 3.55. The molecule has 6 heteroatoms. The Bertz CT molecular complexity index is 803. The smallest absolute Gasteiger partial charge is 0.239 e. The maximum absolute atomic E-state index is 12.8. The highest BCUT2D eigenvalue weighted by molar-refractivity contribution is 6.10. The normalized spacial score (nSPS) is 12.0. The summed E-state index contributed by atoms with van der Waals surface area (Å²) in [7, 11) is 3.05. The number of methoxy groups -OCH3 is 2. The number of carbonyl (C=O) groups excluding carboxylic acids is 2. The number of hydrogen-bond donors (Lipinski definition) is 2. The molecule has 0 bridgehead atoms. The van der Waals surface area contributed by atoms with Gasteiger partial charge in [0.1, 0.15) is 16.9 Å². The van der Waals surface area contributed by atoms with E-state index in [-0.39, 0.29) is 11.9 Å². The molecule has 1 atom stereocenters. The first-order chi connectivity index (χ1) is 12.8. The van der Waals surface area contributed by atoms with Gasteiger partial charge in [-0.25, -0.2) is 0 Å². The molecule has 0 aliphatic carbocycles. The van der Waals surface area contributed by atoms with Crippen LogP contribution in [0.25, 0.3) is 0 Å². The molecule has 1 unspecified atom stereocenters. The van der Waals surface area contributed by atoms with Crippen molar-refractivity contribution in [3.63, 3.8) is 0 Å². The van der Waals surface area contributed by atoms with E-state index < -0.39 is 11.3 Å². The second-order valence-corrected chi connectivity index (χ2v) is 6.75. The molecule has 0 spiro atoms. The lowest BCUT2D eigenvalue weighted by atomic mass is 9.90. The van der Waals surface area contributed by atoms with Crippen LogP contribution in [0.1, 0.15) is 32.4 Å². The first kappa shape index (κ1) is 20.3. The molecular formula is C21H26N2O4. The summed E-state index contributed by atoms with van der Waals surface area (Å²) >= 11 is 0. The lowest BCUT2D eigenvalue weighted by Crippen LogP contribution is -2.45. The third-order valence-electron chi connectivity index (χ3n) is 4.44. The molecule has 2 amide bonds. The molecular weight excluding hydrogens is 344 g/mol. The van der Waals surface area contributed by atoms with Crippen LogP contribution in [0, 0.1) is 5.41 Å². The SMILES string of the molecule is COc1ccc(NC(=O)C(C)(C)C(=O)NC(C)c2ccccc2)c(OC)c1. The maximum atomic E-state index is 12.8. The third kappa shape index (κ3) is 4.78. The molecule has 2 aromatic rings. The molecule has 0 aromatic heterocycles. The van der Waals surface area contributed by atoms with E-state index in [0.717, 1.165) is 5.56 Å². The second kappa shape index (κ2) is 8.58. The monoisotopic (exact) mass is 370 g/mol. The summed E-state index contributed by atoms with van der Waals surface area (Å²) in [6.45, 7) is 5.06. The quantitative estimate of drug-likeness (QED) is 0.731. The lowest BCUT2D eigenvalue weighted by molar-refractivity contribution is -0.138. The molecule has 0 saturated heterocycles. The van der Waals surface area contributed by atoms with Crippen molar-refractivity contribution in [2.24, 2.45) is 5.41 Å². The molecule has 0 fully saturated rings. The van der Waals surface area contributed by atoms with Gasteiger partial charge >= 0.3 is 0 Å². The average Bonchev–Trinajstić information content (AvgIpc) is 2.68. The summed E-state index contributed by atoms with van der Waals surface area (Å²) in [6.07, 6.45) is 0. The van der Waals surface area contributed by atoms with Crippen LogP contribution in [0.15, 0.2) is 48.5 Å². The van der Waals surface area contributed by atoms with Crippen LogP contribution >= 0.6 is 0 Å². The van der Waals surface area contributed by atoms with Gasteiger partial charge in [0.25, 0.3) is 0 Å². The molecule has 2 aromatic carbocycles. The van der Waals surface area contributed by atoms with E-state index in [2.05, 4.69) is 10.6 Å². The number of anilines is 1. The van der Waals surface area contributed by atoms with Crippen molar-refractivity contribution in [3.8, 4) is 11.5 Å². The summed E-state index contributed by atoms with van der Waals surface area (Å²) in [6, 6.07) is 14.4. The number of carbonyl (C=O) groups is 2. The fourth-order valence-corrected chi connectivity index (χ4v) is 2.49. The Morgan fingerprint density at radius 2 is 1.63 bits per heavy atom. The van der Waals surface area contributed by atoms with Crippen LogP contribution in [0.5, 0.6) is 11.5 Å². The van der Waals surface area contributed by atoms with E-state index in [1.807, 2.05) is 37.3 Å².